The number of methoxy groups -OCH3 is 1. The summed E-state index contributed by atoms with van der Waals surface area (Å²) in [5, 5.41) is 0.912. The third-order valence-corrected chi connectivity index (χ3v) is 7.34. The Bertz CT molecular complexity index is 1020. The molecule has 0 bridgehead atoms. The van der Waals surface area contributed by atoms with Crippen molar-refractivity contribution in [2.75, 3.05) is 32.3 Å². The number of pyridine rings is 1. The molecular formula is C27H38N2O5S. The van der Waals surface area contributed by atoms with Gasteiger partial charge in [0.1, 0.15) is 11.8 Å². The van der Waals surface area contributed by atoms with Gasteiger partial charge in [0.25, 0.3) is 0 Å². The Kier molecular flexibility index (Phi) is 11.0. The van der Waals surface area contributed by atoms with E-state index in [9.17, 15) is 14.4 Å². The highest BCUT2D eigenvalue weighted by atomic mass is 32.2. The Labute approximate surface area is 211 Å². The molecule has 3 rings (SSSR count). The molecule has 1 amide bonds. The van der Waals surface area contributed by atoms with E-state index in [0.29, 0.717) is 38.3 Å². The van der Waals surface area contributed by atoms with Gasteiger partial charge in [-0.15, -0.1) is 0 Å². The number of carbonyl (C=O) groups excluding carboxylic acids is 2. The van der Waals surface area contributed by atoms with Gasteiger partial charge in [0.05, 0.1) is 13.7 Å². The van der Waals surface area contributed by atoms with Crippen LogP contribution in [0.5, 0.6) is 5.75 Å². The zero-order chi connectivity index (χ0) is 25.0. The number of hydrogen-bond donors (Lipinski definition) is 1. The van der Waals surface area contributed by atoms with Crippen molar-refractivity contribution in [1.82, 2.24) is 9.88 Å². The largest absolute Gasteiger partial charge is 0.494 e. The topological polar surface area (TPSA) is 88.7 Å². The number of aromatic amines is 1. The lowest BCUT2D eigenvalue weighted by atomic mass is 9.88. The first-order valence-electron chi connectivity index (χ1n) is 12.6. The zero-order valence-electron chi connectivity index (χ0n) is 20.9. The van der Waals surface area contributed by atoms with Crippen molar-refractivity contribution in [1.29, 1.82) is 0 Å². The van der Waals surface area contributed by atoms with Crippen LogP contribution in [-0.4, -0.2) is 60.1 Å². The van der Waals surface area contributed by atoms with E-state index in [1.165, 1.54) is 32.4 Å². The lowest BCUT2D eigenvalue weighted by Gasteiger charge is -2.34. The zero-order valence-corrected chi connectivity index (χ0v) is 21.7. The van der Waals surface area contributed by atoms with Gasteiger partial charge in [-0.3, -0.25) is 9.59 Å². The molecule has 1 aromatic carbocycles. The Morgan fingerprint density at radius 2 is 1.94 bits per heavy atom. The summed E-state index contributed by atoms with van der Waals surface area (Å²) in [7, 11) is 1.40. The molecule has 0 spiro atoms. The number of benzene rings is 1. The summed E-state index contributed by atoms with van der Waals surface area (Å²) in [5.74, 6) is 1.71. The summed E-state index contributed by atoms with van der Waals surface area (Å²) in [4.78, 5) is 41.9. The predicted molar refractivity (Wildman–Crippen MR) is 141 cm³/mol. The second kappa shape index (κ2) is 14.2. The van der Waals surface area contributed by atoms with Crippen LogP contribution in [0.2, 0.25) is 0 Å². The highest BCUT2D eigenvalue weighted by molar-refractivity contribution is 7.98. The number of nitrogens with zero attached hydrogens (tertiary/aromatic N) is 1. The first kappa shape index (κ1) is 27.1. The quantitative estimate of drug-likeness (QED) is 0.313. The first-order valence-corrected chi connectivity index (χ1v) is 14.0. The molecule has 1 fully saturated rings. The normalized spacial score (nSPS) is 15.0. The van der Waals surface area contributed by atoms with Crippen LogP contribution < -0.4 is 10.3 Å². The number of nitrogens with one attached hydrogen (secondary N) is 1. The summed E-state index contributed by atoms with van der Waals surface area (Å²) in [6.45, 7) is 1.14. The molecule has 1 N–H and O–H groups in total. The average molecular weight is 503 g/mol. The Morgan fingerprint density at radius 3 is 2.69 bits per heavy atom. The maximum Gasteiger partial charge on any atom is 0.328 e. The van der Waals surface area contributed by atoms with Crippen molar-refractivity contribution < 1.29 is 19.1 Å². The lowest BCUT2D eigenvalue weighted by molar-refractivity contribution is -0.153. The molecule has 1 aromatic heterocycles. The maximum absolute atomic E-state index is 13.3. The highest BCUT2D eigenvalue weighted by Gasteiger charge is 2.32. The number of aromatic nitrogens is 1. The first-order chi connectivity index (χ1) is 17.0. The molecule has 2 aromatic rings. The Morgan fingerprint density at radius 1 is 1.14 bits per heavy atom. The molecule has 0 saturated heterocycles. The van der Waals surface area contributed by atoms with Crippen molar-refractivity contribution >= 4 is 34.5 Å². The van der Waals surface area contributed by atoms with Crippen LogP contribution in [0.25, 0.3) is 10.9 Å². The fraction of sp³-hybridized carbons (Fsp3) is 0.593. The Hall–Kier alpha value is -2.48. The van der Waals surface area contributed by atoms with Crippen LogP contribution in [0, 0.1) is 5.92 Å². The Balaban J connectivity index is 1.54. The molecule has 0 radical (unpaired) electrons. The summed E-state index contributed by atoms with van der Waals surface area (Å²) in [5.41, 5.74) is 0.645. The van der Waals surface area contributed by atoms with Gasteiger partial charge in [-0.1, -0.05) is 19.3 Å². The molecule has 192 valence electrons. The van der Waals surface area contributed by atoms with Crippen molar-refractivity contribution in [3.8, 4) is 5.75 Å². The van der Waals surface area contributed by atoms with Crippen molar-refractivity contribution in [2.45, 2.75) is 63.8 Å². The molecule has 7 nitrogen and oxygen atoms in total. The summed E-state index contributed by atoms with van der Waals surface area (Å²) in [6, 6.07) is 8.33. The maximum atomic E-state index is 13.3. The molecule has 1 aliphatic carbocycles. The number of hydrogen-bond acceptors (Lipinski definition) is 6. The predicted octanol–water partition coefficient (Wildman–Crippen LogP) is 4.78. The van der Waals surface area contributed by atoms with E-state index in [1.807, 2.05) is 29.4 Å². The van der Waals surface area contributed by atoms with Gasteiger partial charge in [-0.05, 0) is 74.3 Å². The van der Waals surface area contributed by atoms with Gasteiger partial charge in [0, 0.05) is 29.9 Å². The monoisotopic (exact) mass is 502 g/mol. The third kappa shape index (κ3) is 8.30. The molecule has 1 aliphatic rings. The summed E-state index contributed by atoms with van der Waals surface area (Å²) >= 11 is 1.68. The molecule has 1 atom stereocenters. The number of ether oxygens (including phenoxy) is 2. The van der Waals surface area contributed by atoms with Crippen molar-refractivity contribution in [3.63, 3.8) is 0 Å². The molecular weight excluding hydrogens is 464 g/mol. The van der Waals surface area contributed by atoms with Crippen LogP contribution >= 0.6 is 11.8 Å². The number of unbranched alkanes of at least 4 members (excludes halogenated alkanes) is 1. The van der Waals surface area contributed by atoms with Gasteiger partial charge in [-0.25, -0.2) is 4.79 Å². The van der Waals surface area contributed by atoms with Crippen LogP contribution in [0.1, 0.15) is 57.8 Å². The van der Waals surface area contributed by atoms with Crippen molar-refractivity contribution in [2.24, 2.45) is 5.92 Å². The van der Waals surface area contributed by atoms with E-state index in [4.69, 9.17) is 9.47 Å². The average Bonchev–Trinajstić information content (AvgIpc) is 2.88. The minimum absolute atomic E-state index is 0.0294. The van der Waals surface area contributed by atoms with Gasteiger partial charge >= 0.3 is 5.97 Å². The second-order valence-electron chi connectivity index (χ2n) is 9.25. The molecule has 0 aliphatic heterocycles. The smallest absolute Gasteiger partial charge is 0.328 e. The number of rotatable bonds is 13. The number of esters is 1. The number of carbonyl (C=O) groups is 2. The SMILES string of the molecule is COC(=O)C(CCSC)N(CC1CCCCC1)C(=O)CCCCOc1ccc2[nH]c(=O)ccc2c1. The number of thioether (sulfide) groups is 1. The summed E-state index contributed by atoms with van der Waals surface area (Å²) < 4.78 is 10.9. The minimum Gasteiger partial charge on any atom is -0.494 e. The fourth-order valence-electron chi connectivity index (χ4n) is 4.75. The number of fused-ring (bicyclic) bond motifs is 1. The van der Waals surface area contributed by atoms with Gasteiger partial charge < -0.3 is 19.4 Å². The van der Waals surface area contributed by atoms with E-state index in [0.717, 1.165) is 41.7 Å². The molecule has 8 heteroatoms. The third-order valence-electron chi connectivity index (χ3n) is 6.69. The standard InChI is InChI=1S/C27H38N2O5S/c1-33-27(32)24(15-17-35-2)29(19-20-8-4-3-5-9-20)26(31)10-6-7-16-34-22-12-13-23-21(18-22)11-14-25(30)28-23/h11-14,18,20,24H,3-10,15-17,19H2,1-2H3,(H,28,30). The number of amides is 1. The molecule has 1 unspecified atom stereocenters. The van der Waals surface area contributed by atoms with E-state index in [1.54, 1.807) is 17.8 Å². The fourth-order valence-corrected chi connectivity index (χ4v) is 5.21. The highest BCUT2D eigenvalue weighted by Crippen LogP contribution is 2.26. The van der Waals surface area contributed by atoms with Gasteiger partial charge in [0.15, 0.2) is 0 Å². The van der Waals surface area contributed by atoms with E-state index < -0.39 is 6.04 Å². The van der Waals surface area contributed by atoms with E-state index in [-0.39, 0.29) is 17.4 Å². The van der Waals surface area contributed by atoms with Crippen LogP contribution in [-0.2, 0) is 14.3 Å². The van der Waals surface area contributed by atoms with E-state index >= 15 is 0 Å². The van der Waals surface area contributed by atoms with Gasteiger partial charge in [-0.2, -0.15) is 11.8 Å². The van der Waals surface area contributed by atoms with E-state index in [2.05, 4.69) is 4.98 Å². The summed E-state index contributed by atoms with van der Waals surface area (Å²) in [6.07, 6.45) is 10.3. The van der Waals surface area contributed by atoms with Crippen LogP contribution in [0.4, 0.5) is 0 Å². The number of H-pyrrole nitrogens is 1. The lowest BCUT2D eigenvalue weighted by Crippen LogP contribution is -2.48. The second-order valence-corrected chi connectivity index (χ2v) is 10.2. The van der Waals surface area contributed by atoms with Crippen LogP contribution in [0.15, 0.2) is 35.1 Å². The molecule has 1 heterocycles. The molecule has 35 heavy (non-hydrogen) atoms. The van der Waals surface area contributed by atoms with Crippen molar-refractivity contribution in [3.05, 3.63) is 40.7 Å². The molecule has 1 saturated carbocycles. The van der Waals surface area contributed by atoms with Gasteiger partial charge in [0.2, 0.25) is 11.5 Å². The minimum atomic E-state index is -0.512. The van der Waals surface area contributed by atoms with Crippen LogP contribution in [0.3, 0.4) is 0 Å².